The Bertz CT molecular complexity index is 866. The van der Waals surface area contributed by atoms with Gasteiger partial charge in [-0.25, -0.2) is 0 Å². The van der Waals surface area contributed by atoms with E-state index in [1.165, 1.54) is 5.57 Å². The van der Waals surface area contributed by atoms with E-state index in [9.17, 15) is 9.59 Å². The van der Waals surface area contributed by atoms with Gasteiger partial charge >= 0.3 is 5.97 Å². The number of carbonyl (C=O) groups is 2. The van der Waals surface area contributed by atoms with E-state index in [2.05, 4.69) is 6.92 Å². The van der Waals surface area contributed by atoms with Crippen LogP contribution in [-0.2, 0) is 4.79 Å². The molecule has 25 heavy (non-hydrogen) atoms. The largest absolute Gasteiger partial charge is 0.425 e. The van der Waals surface area contributed by atoms with Crippen molar-refractivity contribution in [3.05, 3.63) is 77.4 Å². The van der Waals surface area contributed by atoms with E-state index in [1.807, 2.05) is 42.5 Å². The minimum Gasteiger partial charge on any atom is -0.425 e. The fourth-order valence-electron chi connectivity index (χ4n) is 3.99. The Morgan fingerprint density at radius 1 is 1.08 bits per heavy atom. The van der Waals surface area contributed by atoms with Crippen molar-refractivity contribution >= 4 is 11.8 Å². The molecule has 3 heteroatoms. The van der Waals surface area contributed by atoms with Gasteiger partial charge in [0.15, 0.2) is 11.2 Å². The predicted octanol–water partition coefficient (Wildman–Crippen LogP) is 4.69. The van der Waals surface area contributed by atoms with Gasteiger partial charge in [0.25, 0.3) is 0 Å². The molecule has 126 valence electrons. The summed E-state index contributed by atoms with van der Waals surface area (Å²) in [6, 6.07) is 16.6. The van der Waals surface area contributed by atoms with Gasteiger partial charge in [-0.3, -0.25) is 9.59 Å². The third-order valence-electron chi connectivity index (χ3n) is 5.24. The van der Waals surface area contributed by atoms with E-state index < -0.39 is 11.4 Å². The molecule has 1 aliphatic carbocycles. The number of fused-ring (bicyclic) bond motifs is 3. The second-order valence-electron chi connectivity index (χ2n) is 6.75. The number of hydrogen-bond acceptors (Lipinski definition) is 3. The minimum absolute atomic E-state index is 0.169. The van der Waals surface area contributed by atoms with E-state index in [4.69, 9.17) is 4.74 Å². The van der Waals surface area contributed by atoms with Gasteiger partial charge < -0.3 is 4.74 Å². The third kappa shape index (κ3) is 2.26. The van der Waals surface area contributed by atoms with Crippen LogP contribution in [0.3, 0.4) is 0 Å². The van der Waals surface area contributed by atoms with Crippen LogP contribution in [0.25, 0.3) is 0 Å². The summed E-state index contributed by atoms with van der Waals surface area (Å²) in [4.78, 5) is 26.2. The maximum atomic E-state index is 13.3. The van der Waals surface area contributed by atoms with Gasteiger partial charge in [0.2, 0.25) is 0 Å². The van der Waals surface area contributed by atoms with E-state index in [0.29, 0.717) is 11.3 Å². The molecule has 1 heterocycles. The Morgan fingerprint density at radius 3 is 2.56 bits per heavy atom. The lowest BCUT2D eigenvalue weighted by Crippen LogP contribution is -2.54. The standard InChI is InChI=1S/C22H20O3/c1-2-3-9-16-14-22(20(23)15-10-5-4-6-11-15)19(16)17-12-7-8-13-18(17)25-21(22)24/h4-8,10-14,19H,2-3,9H2,1H3/t19-,22-/m0/s1. The molecule has 4 rings (SSSR count). The second kappa shape index (κ2) is 5.99. The van der Waals surface area contributed by atoms with Crippen LogP contribution in [0.5, 0.6) is 5.75 Å². The molecule has 0 fully saturated rings. The topological polar surface area (TPSA) is 43.4 Å². The maximum absolute atomic E-state index is 13.3. The summed E-state index contributed by atoms with van der Waals surface area (Å²) in [6.45, 7) is 2.14. The number of ketones is 1. The Kier molecular flexibility index (Phi) is 3.79. The predicted molar refractivity (Wildman–Crippen MR) is 95.6 cm³/mol. The average Bonchev–Trinajstić information content (AvgIpc) is 2.62. The van der Waals surface area contributed by atoms with Gasteiger partial charge in [0, 0.05) is 17.0 Å². The Labute approximate surface area is 147 Å². The fraction of sp³-hybridized carbons (Fsp3) is 0.273. The fourth-order valence-corrected chi connectivity index (χ4v) is 3.99. The number of unbranched alkanes of at least 4 members (excludes halogenated alkanes) is 1. The number of para-hydroxylation sites is 1. The first-order chi connectivity index (χ1) is 12.2. The molecule has 0 bridgehead atoms. The molecular formula is C22H20O3. The summed E-state index contributed by atoms with van der Waals surface area (Å²) < 4.78 is 5.56. The molecule has 0 aromatic heterocycles. The molecule has 0 saturated carbocycles. The van der Waals surface area contributed by atoms with Crippen LogP contribution >= 0.6 is 0 Å². The van der Waals surface area contributed by atoms with Crippen molar-refractivity contribution in [2.75, 3.05) is 0 Å². The third-order valence-corrected chi connectivity index (χ3v) is 5.24. The van der Waals surface area contributed by atoms with Crippen molar-refractivity contribution in [2.45, 2.75) is 32.1 Å². The highest BCUT2D eigenvalue weighted by molar-refractivity contribution is 6.18. The number of ether oxygens (including phenoxy) is 1. The maximum Gasteiger partial charge on any atom is 0.330 e. The number of benzene rings is 2. The molecule has 3 nitrogen and oxygen atoms in total. The lowest BCUT2D eigenvalue weighted by atomic mass is 9.54. The van der Waals surface area contributed by atoms with Crippen LogP contribution in [0.4, 0.5) is 0 Å². The van der Waals surface area contributed by atoms with Gasteiger partial charge in [-0.2, -0.15) is 0 Å². The zero-order chi connectivity index (χ0) is 17.4. The lowest BCUT2D eigenvalue weighted by molar-refractivity contribution is -0.144. The van der Waals surface area contributed by atoms with E-state index in [-0.39, 0.29) is 11.7 Å². The van der Waals surface area contributed by atoms with Crippen LogP contribution in [0.15, 0.2) is 66.2 Å². The van der Waals surface area contributed by atoms with Crippen LogP contribution in [0.1, 0.15) is 48.0 Å². The monoisotopic (exact) mass is 332 g/mol. The van der Waals surface area contributed by atoms with Crippen molar-refractivity contribution in [1.82, 2.24) is 0 Å². The molecule has 0 spiro atoms. The number of rotatable bonds is 5. The van der Waals surface area contributed by atoms with Crippen LogP contribution in [0, 0.1) is 5.41 Å². The highest BCUT2D eigenvalue weighted by Gasteiger charge is 2.62. The van der Waals surface area contributed by atoms with E-state index in [0.717, 1.165) is 24.8 Å². The number of carbonyl (C=O) groups excluding carboxylic acids is 2. The summed E-state index contributed by atoms with van der Waals surface area (Å²) in [7, 11) is 0. The first kappa shape index (κ1) is 15.8. The van der Waals surface area contributed by atoms with Crippen molar-refractivity contribution in [3.8, 4) is 5.75 Å². The summed E-state index contributed by atoms with van der Waals surface area (Å²) in [5.74, 6) is -0.247. The first-order valence-corrected chi connectivity index (χ1v) is 8.81. The molecule has 1 aliphatic heterocycles. The molecule has 0 unspecified atom stereocenters. The van der Waals surface area contributed by atoms with Crippen molar-refractivity contribution in [2.24, 2.45) is 5.41 Å². The molecule has 0 N–H and O–H groups in total. The Hall–Kier alpha value is -2.68. The Balaban J connectivity index is 1.83. The number of Topliss-reactive ketones (excluding diaryl/α,β-unsaturated/α-hetero) is 1. The normalized spacial score (nSPS) is 23.6. The number of hydrogen-bond donors (Lipinski definition) is 0. The quantitative estimate of drug-likeness (QED) is 0.262. The Morgan fingerprint density at radius 2 is 1.80 bits per heavy atom. The lowest BCUT2D eigenvalue weighted by Gasteiger charge is -2.48. The first-order valence-electron chi connectivity index (χ1n) is 8.81. The molecule has 0 saturated heterocycles. The smallest absolute Gasteiger partial charge is 0.330 e. The number of esters is 1. The van der Waals surface area contributed by atoms with Crippen LogP contribution in [-0.4, -0.2) is 11.8 Å². The van der Waals surface area contributed by atoms with Gasteiger partial charge in [-0.15, -0.1) is 0 Å². The molecule has 2 aliphatic rings. The average molecular weight is 332 g/mol. The SMILES string of the molecule is CCCCC1=C[C@]2(C(=O)c3ccccc3)C(=O)Oc3ccccc3[C@H]12. The van der Waals surface area contributed by atoms with Crippen molar-refractivity contribution < 1.29 is 14.3 Å². The summed E-state index contributed by atoms with van der Waals surface area (Å²) >= 11 is 0. The molecule has 2 aromatic carbocycles. The van der Waals surface area contributed by atoms with E-state index >= 15 is 0 Å². The highest BCUT2D eigenvalue weighted by atomic mass is 16.5. The molecule has 0 amide bonds. The van der Waals surface area contributed by atoms with Gasteiger partial charge in [-0.05, 0) is 18.9 Å². The highest BCUT2D eigenvalue weighted by Crippen LogP contribution is 2.59. The molecule has 0 radical (unpaired) electrons. The van der Waals surface area contributed by atoms with Gasteiger partial charge in [0.05, 0.1) is 0 Å². The van der Waals surface area contributed by atoms with E-state index in [1.54, 1.807) is 18.2 Å². The summed E-state index contributed by atoms with van der Waals surface area (Å²) in [6.07, 6.45) is 4.90. The van der Waals surface area contributed by atoms with Crippen molar-refractivity contribution in [1.29, 1.82) is 0 Å². The summed E-state index contributed by atoms with van der Waals surface area (Å²) in [5.41, 5.74) is 1.46. The van der Waals surface area contributed by atoms with Crippen molar-refractivity contribution in [3.63, 3.8) is 0 Å². The zero-order valence-electron chi connectivity index (χ0n) is 14.2. The van der Waals surface area contributed by atoms with Gasteiger partial charge in [0.1, 0.15) is 5.75 Å². The zero-order valence-corrected chi connectivity index (χ0v) is 14.2. The number of allylic oxidation sites excluding steroid dienone is 1. The molecule has 2 atom stereocenters. The molecule has 2 aromatic rings. The minimum atomic E-state index is -1.21. The van der Waals surface area contributed by atoms with Crippen LogP contribution in [0.2, 0.25) is 0 Å². The molecular weight excluding hydrogens is 312 g/mol. The summed E-state index contributed by atoms with van der Waals surface area (Å²) in [5, 5.41) is 0. The second-order valence-corrected chi connectivity index (χ2v) is 6.75. The van der Waals surface area contributed by atoms with Gasteiger partial charge in [-0.1, -0.05) is 73.5 Å². The van der Waals surface area contributed by atoms with Crippen LogP contribution < -0.4 is 4.74 Å².